The van der Waals surface area contributed by atoms with Gasteiger partial charge in [-0.15, -0.1) is 5.10 Å². The van der Waals surface area contributed by atoms with Crippen molar-refractivity contribution in [3.8, 4) is 5.69 Å². The monoisotopic (exact) mass is 500 g/mol. The summed E-state index contributed by atoms with van der Waals surface area (Å²) in [7, 11) is 0. The van der Waals surface area contributed by atoms with Crippen LogP contribution in [0.2, 0.25) is 5.02 Å². The molecule has 3 aromatic rings. The number of anilines is 1. The fraction of sp³-hybridized carbons (Fsp3) is 0.182. The number of carbonyl (C=O) groups is 3. The summed E-state index contributed by atoms with van der Waals surface area (Å²) in [5.41, 5.74) is 1.77. The third kappa shape index (κ3) is 6.90. The Balaban J connectivity index is 1.70. The van der Waals surface area contributed by atoms with E-state index in [0.29, 0.717) is 34.1 Å². The Morgan fingerprint density at radius 2 is 1.97 bits per heavy atom. The van der Waals surface area contributed by atoms with E-state index in [2.05, 4.69) is 26.2 Å². The number of carbonyl (C=O) groups excluding carboxylic acids is 2. The zero-order valence-corrected chi connectivity index (χ0v) is 19.6. The number of thioether (sulfide) groups is 1. The van der Waals surface area contributed by atoms with Gasteiger partial charge < -0.3 is 15.7 Å². The summed E-state index contributed by atoms with van der Waals surface area (Å²) >= 11 is 7.64. The van der Waals surface area contributed by atoms with Crippen molar-refractivity contribution in [1.29, 1.82) is 0 Å². The van der Waals surface area contributed by atoms with Crippen molar-refractivity contribution in [2.45, 2.75) is 12.5 Å². The molecular formula is C22H21ClN6O4S. The highest BCUT2D eigenvalue weighted by molar-refractivity contribution is 7.98. The van der Waals surface area contributed by atoms with Gasteiger partial charge in [0.1, 0.15) is 12.4 Å². The van der Waals surface area contributed by atoms with Crippen molar-refractivity contribution in [1.82, 2.24) is 25.5 Å². The molecule has 0 aliphatic carbocycles. The lowest BCUT2D eigenvalue weighted by molar-refractivity contribution is -0.123. The average molecular weight is 501 g/mol. The summed E-state index contributed by atoms with van der Waals surface area (Å²) < 4.78 is 1.44. The number of tetrazole rings is 1. The first-order chi connectivity index (χ1) is 16.4. The quantitative estimate of drug-likeness (QED) is 0.361. The van der Waals surface area contributed by atoms with E-state index in [0.717, 1.165) is 0 Å². The molecular weight excluding hydrogens is 480 g/mol. The molecule has 0 aliphatic heterocycles. The number of aromatic carboxylic acids is 1. The van der Waals surface area contributed by atoms with E-state index >= 15 is 0 Å². The number of rotatable bonds is 10. The molecule has 0 bridgehead atoms. The number of nitrogens with one attached hydrogen (secondary N) is 2. The lowest BCUT2D eigenvalue weighted by Gasteiger charge is -2.17. The van der Waals surface area contributed by atoms with Crippen molar-refractivity contribution in [3.05, 3.63) is 71.0 Å². The zero-order chi connectivity index (χ0) is 24.5. The second-order valence-corrected chi connectivity index (χ2v) is 8.43. The van der Waals surface area contributed by atoms with Gasteiger partial charge in [-0.3, -0.25) is 9.59 Å². The molecule has 0 fully saturated rings. The second-order valence-electron chi connectivity index (χ2n) is 7.01. The van der Waals surface area contributed by atoms with Crippen LogP contribution in [-0.4, -0.2) is 61.1 Å². The third-order valence-electron chi connectivity index (χ3n) is 4.64. The largest absolute Gasteiger partial charge is 0.478 e. The molecule has 2 aromatic carbocycles. The molecule has 0 unspecified atom stereocenters. The predicted octanol–water partition coefficient (Wildman–Crippen LogP) is 2.90. The second kappa shape index (κ2) is 12.0. The standard InChI is InChI=1S/C22H21ClN6O4S/c1-34-11-10-18(21(31)25-17-6-2-14(3-7-17)22(32)33)26-20(30)9-4-15-12-16(23)5-8-19(15)29-13-24-27-28-29/h2-9,12-13,18H,10-11H2,1H3,(H,25,31)(H,26,30)(H,32,33)/b9-4+/t18-/m0/s1. The number of benzene rings is 2. The van der Waals surface area contributed by atoms with Crippen molar-refractivity contribution < 1.29 is 19.5 Å². The van der Waals surface area contributed by atoms with Crippen LogP contribution in [0.25, 0.3) is 11.8 Å². The van der Waals surface area contributed by atoms with Gasteiger partial charge in [0.2, 0.25) is 11.8 Å². The molecule has 3 N–H and O–H groups in total. The minimum absolute atomic E-state index is 0.109. The van der Waals surface area contributed by atoms with E-state index < -0.39 is 23.8 Å². The topological polar surface area (TPSA) is 139 Å². The smallest absolute Gasteiger partial charge is 0.335 e. The first kappa shape index (κ1) is 24.9. The Hall–Kier alpha value is -3.70. The summed E-state index contributed by atoms with van der Waals surface area (Å²) in [6.07, 6.45) is 6.60. The maximum atomic E-state index is 12.8. The van der Waals surface area contributed by atoms with E-state index in [1.54, 1.807) is 36.0 Å². The summed E-state index contributed by atoms with van der Waals surface area (Å²) in [5.74, 6) is -1.28. The summed E-state index contributed by atoms with van der Waals surface area (Å²) in [6, 6.07) is 10.1. The zero-order valence-electron chi connectivity index (χ0n) is 18.0. The van der Waals surface area contributed by atoms with Crippen molar-refractivity contribution in [2.75, 3.05) is 17.3 Å². The summed E-state index contributed by atoms with van der Waals surface area (Å²) in [4.78, 5) is 36.4. The number of hydrogen-bond acceptors (Lipinski definition) is 7. The van der Waals surface area contributed by atoms with Gasteiger partial charge in [0.05, 0.1) is 11.3 Å². The number of nitrogens with zero attached hydrogens (tertiary/aromatic N) is 4. The van der Waals surface area contributed by atoms with Gasteiger partial charge in [0.25, 0.3) is 0 Å². The molecule has 0 spiro atoms. The van der Waals surface area contributed by atoms with Gasteiger partial charge in [0.15, 0.2) is 0 Å². The van der Waals surface area contributed by atoms with E-state index in [4.69, 9.17) is 16.7 Å². The van der Waals surface area contributed by atoms with Crippen LogP contribution >= 0.6 is 23.4 Å². The molecule has 1 atom stereocenters. The molecule has 1 aromatic heterocycles. The van der Waals surface area contributed by atoms with Crippen LogP contribution in [0.4, 0.5) is 5.69 Å². The van der Waals surface area contributed by atoms with Crippen LogP contribution in [-0.2, 0) is 9.59 Å². The molecule has 12 heteroatoms. The van der Waals surface area contributed by atoms with Crippen LogP contribution in [0.1, 0.15) is 22.3 Å². The third-order valence-corrected chi connectivity index (χ3v) is 5.52. The van der Waals surface area contributed by atoms with Gasteiger partial charge in [-0.2, -0.15) is 16.4 Å². The van der Waals surface area contributed by atoms with Crippen LogP contribution < -0.4 is 10.6 Å². The number of hydrogen-bond donors (Lipinski definition) is 3. The fourth-order valence-corrected chi connectivity index (χ4v) is 3.61. The minimum atomic E-state index is -1.06. The van der Waals surface area contributed by atoms with Gasteiger partial charge in [-0.05, 0) is 77.4 Å². The SMILES string of the molecule is CSCC[C@H](NC(=O)/C=C/c1cc(Cl)ccc1-n1cnnn1)C(=O)Nc1ccc(C(=O)O)cc1. The molecule has 2 amide bonds. The number of aromatic nitrogens is 4. The Morgan fingerprint density at radius 3 is 2.62 bits per heavy atom. The number of carboxylic acid groups (broad SMARTS) is 1. The highest BCUT2D eigenvalue weighted by atomic mass is 35.5. The molecule has 0 aliphatic rings. The van der Waals surface area contributed by atoms with Crippen molar-refractivity contribution in [3.63, 3.8) is 0 Å². The summed E-state index contributed by atoms with van der Waals surface area (Å²) in [6.45, 7) is 0. The van der Waals surface area contributed by atoms with Gasteiger partial charge >= 0.3 is 5.97 Å². The highest BCUT2D eigenvalue weighted by Gasteiger charge is 2.20. The Bertz CT molecular complexity index is 1180. The van der Waals surface area contributed by atoms with E-state index in [9.17, 15) is 14.4 Å². The first-order valence-electron chi connectivity index (χ1n) is 10.0. The van der Waals surface area contributed by atoms with Crippen molar-refractivity contribution in [2.24, 2.45) is 0 Å². The molecule has 3 rings (SSSR count). The van der Waals surface area contributed by atoms with E-state index in [1.807, 2.05) is 6.26 Å². The minimum Gasteiger partial charge on any atom is -0.478 e. The van der Waals surface area contributed by atoms with Crippen LogP contribution in [0.3, 0.4) is 0 Å². The predicted molar refractivity (Wildman–Crippen MR) is 130 cm³/mol. The van der Waals surface area contributed by atoms with Gasteiger partial charge in [-0.1, -0.05) is 11.6 Å². The molecule has 0 radical (unpaired) electrons. The van der Waals surface area contributed by atoms with E-state index in [1.165, 1.54) is 41.4 Å². The maximum Gasteiger partial charge on any atom is 0.335 e. The molecule has 10 nitrogen and oxygen atoms in total. The number of halogens is 1. The Kier molecular flexibility index (Phi) is 8.77. The highest BCUT2D eigenvalue weighted by Crippen LogP contribution is 2.20. The molecule has 0 saturated heterocycles. The molecule has 176 valence electrons. The van der Waals surface area contributed by atoms with E-state index in [-0.39, 0.29) is 5.56 Å². The number of amides is 2. The molecule has 0 saturated carbocycles. The first-order valence-corrected chi connectivity index (χ1v) is 11.8. The van der Waals surface area contributed by atoms with Gasteiger partial charge in [0, 0.05) is 22.3 Å². The van der Waals surface area contributed by atoms with Gasteiger partial charge in [-0.25, -0.2) is 4.79 Å². The summed E-state index contributed by atoms with van der Waals surface area (Å²) in [5, 5.41) is 26.0. The molecule has 1 heterocycles. The average Bonchev–Trinajstić information content (AvgIpc) is 3.35. The van der Waals surface area contributed by atoms with Crippen LogP contribution in [0.5, 0.6) is 0 Å². The maximum absolute atomic E-state index is 12.8. The fourth-order valence-electron chi connectivity index (χ4n) is 2.95. The number of carboxylic acids is 1. The Labute approximate surface area is 204 Å². The van der Waals surface area contributed by atoms with Crippen molar-refractivity contribution >= 4 is 52.9 Å². The van der Waals surface area contributed by atoms with Crippen LogP contribution in [0.15, 0.2) is 54.9 Å². The Morgan fingerprint density at radius 1 is 1.21 bits per heavy atom. The lowest BCUT2D eigenvalue weighted by Crippen LogP contribution is -2.43. The lowest BCUT2D eigenvalue weighted by atomic mass is 10.1. The normalized spacial score (nSPS) is 11.8. The van der Waals surface area contributed by atoms with Crippen LogP contribution in [0, 0.1) is 0 Å². The molecule has 34 heavy (non-hydrogen) atoms.